The zero-order valence-electron chi connectivity index (χ0n) is 12.5. The molecule has 0 saturated heterocycles. The third kappa shape index (κ3) is 3.83. The van der Waals surface area contributed by atoms with Crippen molar-refractivity contribution in [3.63, 3.8) is 0 Å². The number of anilines is 1. The lowest BCUT2D eigenvalue weighted by Gasteiger charge is -2.13. The Kier molecular flexibility index (Phi) is 4.98. The first-order valence-corrected chi connectivity index (χ1v) is 7.73. The average Bonchev–Trinajstić information content (AvgIpc) is 2.83. The molecule has 0 fully saturated rings. The fourth-order valence-electron chi connectivity index (χ4n) is 2.28. The molecule has 112 valence electrons. The number of thiophene rings is 1. The highest BCUT2D eigenvalue weighted by Crippen LogP contribution is 2.19. The van der Waals surface area contributed by atoms with Gasteiger partial charge in [0.15, 0.2) is 0 Å². The van der Waals surface area contributed by atoms with Gasteiger partial charge in [0.1, 0.15) is 0 Å². The van der Waals surface area contributed by atoms with Crippen molar-refractivity contribution >= 4 is 23.1 Å². The Morgan fingerprint density at radius 3 is 2.33 bits per heavy atom. The lowest BCUT2D eigenvalue weighted by atomic mass is 9.99. The molecule has 1 aromatic carbocycles. The Morgan fingerprint density at radius 2 is 1.81 bits per heavy atom. The van der Waals surface area contributed by atoms with Crippen molar-refractivity contribution in [2.75, 3.05) is 5.32 Å². The van der Waals surface area contributed by atoms with Gasteiger partial charge in [-0.3, -0.25) is 0 Å². The number of urea groups is 1. The minimum Gasteiger partial charge on any atom is -0.392 e. The molecule has 0 atom stereocenters. The van der Waals surface area contributed by atoms with Gasteiger partial charge in [0.2, 0.25) is 0 Å². The molecule has 0 saturated carbocycles. The molecule has 5 heteroatoms. The van der Waals surface area contributed by atoms with Gasteiger partial charge in [0.25, 0.3) is 0 Å². The first-order chi connectivity index (χ1) is 10.0. The number of rotatable bonds is 4. The van der Waals surface area contributed by atoms with Crippen LogP contribution in [0, 0.1) is 20.8 Å². The van der Waals surface area contributed by atoms with Crippen LogP contribution in [0.4, 0.5) is 10.5 Å². The fourth-order valence-corrected chi connectivity index (χ4v) is 3.06. The fraction of sp³-hybridized carbons (Fsp3) is 0.312. The topological polar surface area (TPSA) is 61.4 Å². The maximum atomic E-state index is 11.9. The SMILES string of the molecule is Cc1cscc1NC(=O)NCc1c(C)cc(CO)cc1C. The summed E-state index contributed by atoms with van der Waals surface area (Å²) in [5, 5.41) is 18.8. The van der Waals surface area contributed by atoms with Gasteiger partial charge in [-0.25, -0.2) is 4.79 Å². The number of hydrogen-bond acceptors (Lipinski definition) is 3. The number of hydrogen-bond donors (Lipinski definition) is 3. The summed E-state index contributed by atoms with van der Waals surface area (Å²) in [7, 11) is 0. The van der Waals surface area contributed by atoms with E-state index in [0.717, 1.165) is 33.5 Å². The van der Waals surface area contributed by atoms with Crippen molar-refractivity contribution in [2.24, 2.45) is 0 Å². The van der Waals surface area contributed by atoms with E-state index in [4.69, 9.17) is 0 Å². The summed E-state index contributed by atoms with van der Waals surface area (Å²) in [6, 6.07) is 3.69. The van der Waals surface area contributed by atoms with Gasteiger partial charge in [-0.2, -0.15) is 0 Å². The van der Waals surface area contributed by atoms with E-state index in [9.17, 15) is 9.90 Å². The third-order valence-corrected chi connectivity index (χ3v) is 4.33. The lowest BCUT2D eigenvalue weighted by molar-refractivity contribution is 0.251. The number of carbonyl (C=O) groups is 1. The standard InChI is InChI=1S/C16H20N2O2S/c1-10-4-13(7-19)5-11(2)14(10)6-17-16(20)18-15-9-21-8-12(15)3/h4-5,8-9,19H,6-7H2,1-3H3,(H2,17,18,20). The van der Waals surface area contributed by atoms with E-state index in [-0.39, 0.29) is 12.6 Å². The van der Waals surface area contributed by atoms with Gasteiger partial charge >= 0.3 is 6.03 Å². The zero-order valence-corrected chi connectivity index (χ0v) is 13.3. The summed E-state index contributed by atoms with van der Waals surface area (Å²) in [6.07, 6.45) is 0. The number of benzene rings is 1. The quantitative estimate of drug-likeness (QED) is 0.809. The smallest absolute Gasteiger partial charge is 0.319 e. The van der Waals surface area contributed by atoms with Crippen LogP contribution in [0.2, 0.25) is 0 Å². The maximum absolute atomic E-state index is 11.9. The van der Waals surface area contributed by atoms with Crippen LogP contribution in [0.5, 0.6) is 0 Å². The molecule has 0 aliphatic heterocycles. The third-order valence-electron chi connectivity index (χ3n) is 3.47. The summed E-state index contributed by atoms with van der Waals surface area (Å²) in [4.78, 5) is 11.9. The molecular weight excluding hydrogens is 284 g/mol. The molecule has 0 aliphatic rings. The second kappa shape index (κ2) is 6.74. The normalized spacial score (nSPS) is 10.5. The summed E-state index contributed by atoms with van der Waals surface area (Å²) >= 11 is 1.57. The molecule has 0 unspecified atom stereocenters. The van der Waals surface area contributed by atoms with E-state index in [1.807, 2.05) is 43.7 Å². The molecule has 0 bridgehead atoms. The Hall–Kier alpha value is -1.85. The molecule has 21 heavy (non-hydrogen) atoms. The van der Waals surface area contributed by atoms with Crippen LogP contribution in [-0.4, -0.2) is 11.1 Å². The summed E-state index contributed by atoms with van der Waals surface area (Å²) in [5.74, 6) is 0. The minimum absolute atomic E-state index is 0.0350. The van der Waals surface area contributed by atoms with Crippen molar-refractivity contribution in [2.45, 2.75) is 33.9 Å². The first-order valence-electron chi connectivity index (χ1n) is 6.78. The predicted molar refractivity (Wildman–Crippen MR) is 86.8 cm³/mol. The average molecular weight is 304 g/mol. The van der Waals surface area contributed by atoms with Gasteiger partial charge in [0.05, 0.1) is 12.3 Å². The molecule has 2 aromatic rings. The van der Waals surface area contributed by atoms with E-state index >= 15 is 0 Å². The Morgan fingerprint density at radius 1 is 1.14 bits per heavy atom. The summed E-state index contributed by atoms with van der Waals surface area (Å²) in [6.45, 7) is 6.45. The lowest BCUT2D eigenvalue weighted by Crippen LogP contribution is -2.28. The van der Waals surface area contributed by atoms with Crippen LogP contribution in [-0.2, 0) is 13.2 Å². The number of nitrogens with one attached hydrogen (secondary N) is 2. The number of aliphatic hydroxyl groups excluding tert-OH is 1. The van der Waals surface area contributed by atoms with Crippen molar-refractivity contribution < 1.29 is 9.90 Å². The Labute approximate surface area is 128 Å². The van der Waals surface area contributed by atoms with Crippen molar-refractivity contribution in [1.29, 1.82) is 0 Å². The van der Waals surface area contributed by atoms with Gasteiger partial charge in [-0.1, -0.05) is 12.1 Å². The Bertz CT molecular complexity index is 626. The van der Waals surface area contributed by atoms with Crippen LogP contribution < -0.4 is 10.6 Å². The minimum atomic E-state index is -0.207. The van der Waals surface area contributed by atoms with Crippen LogP contribution in [0.25, 0.3) is 0 Å². The molecule has 1 aromatic heterocycles. The molecule has 1 heterocycles. The van der Waals surface area contributed by atoms with E-state index in [2.05, 4.69) is 10.6 Å². The zero-order chi connectivity index (χ0) is 15.4. The van der Waals surface area contributed by atoms with Crippen LogP contribution in [0.1, 0.15) is 27.8 Å². The maximum Gasteiger partial charge on any atom is 0.319 e. The molecule has 4 nitrogen and oxygen atoms in total. The van der Waals surface area contributed by atoms with E-state index < -0.39 is 0 Å². The van der Waals surface area contributed by atoms with Gasteiger partial charge in [-0.15, -0.1) is 11.3 Å². The summed E-state index contributed by atoms with van der Waals surface area (Å²) < 4.78 is 0. The highest BCUT2D eigenvalue weighted by Gasteiger charge is 2.08. The number of aryl methyl sites for hydroxylation is 3. The predicted octanol–water partition coefficient (Wildman–Crippen LogP) is 3.49. The number of amides is 2. The molecule has 0 aliphatic carbocycles. The molecule has 3 N–H and O–H groups in total. The van der Waals surface area contributed by atoms with Gasteiger partial charge < -0.3 is 15.7 Å². The molecule has 0 spiro atoms. The van der Waals surface area contributed by atoms with Gasteiger partial charge in [0, 0.05) is 11.9 Å². The van der Waals surface area contributed by atoms with Crippen LogP contribution in [0.15, 0.2) is 22.9 Å². The molecule has 0 radical (unpaired) electrons. The Balaban J connectivity index is 2.00. The van der Waals surface area contributed by atoms with Gasteiger partial charge in [-0.05, 0) is 54.0 Å². The van der Waals surface area contributed by atoms with Crippen LogP contribution >= 0.6 is 11.3 Å². The summed E-state index contributed by atoms with van der Waals surface area (Å²) in [5.41, 5.74) is 6.05. The van der Waals surface area contributed by atoms with Crippen LogP contribution in [0.3, 0.4) is 0 Å². The first kappa shape index (κ1) is 15.5. The monoisotopic (exact) mass is 304 g/mol. The van der Waals surface area contributed by atoms with E-state index in [1.165, 1.54) is 0 Å². The van der Waals surface area contributed by atoms with Crippen molar-refractivity contribution in [3.05, 3.63) is 50.7 Å². The second-order valence-corrected chi connectivity index (χ2v) is 5.89. The molecule has 2 rings (SSSR count). The highest BCUT2D eigenvalue weighted by molar-refractivity contribution is 7.08. The largest absolute Gasteiger partial charge is 0.392 e. The van der Waals surface area contributed by atoms with E-state index in [0.29, 0.717) is 6.54 Å². The molecular formula is C16H20N2O2S. The molecule has 2 amide bonds. The number of carbonyl (C=O) groups excluding carboxylic acids is 1. The van der Waals surface area contributed by atoms with Crippen molar-refractivity contribution in [1.82, 2.24) is 5.32 Å². The number of aliphatic hydroxyl groups is 1. The highest BCUT2D eigenvalue weighted by atomic mass is 32.1. The van der Waals surface area contributed by atoms with Crippen molar-refractivity contribution in [3.8, 4) is 0 Å². The second-order valence-electron chi connectivity index (χ2n) is 5.14. The van der Waals surface area contributed by atoms with E-state index in [1.54, 1.807) is 11.3 Å².